The van der Waals surface area contributed by atoms with Gasteiger partial charge >= 0.3 is 6.03 Å². The van der Waals surface area contributed by atoms with Crippen LogP contribution in [0.3, 0.4) is 0 Å². The number of rotatable bonds is 6. The normalized spacial score (nSPS) is 10.3. The number of hydrogen-bond donors (Lipinski definition) is 2. The van der Waals surface area contributed by atoms with E-state index in [0.717, 1.165) is 6.42 Å². The second kappa shape index (κ2) is 7.56. The molecule has 0 radical (unpaired) electrons. The van der Waals surface area contributed by atoms with Gasteiger partial charge in [-0.3, -0.25) is 10.3 Å². The lowest BCUT2D eigenvalue weighted by Crippen LogP contribution is -2.30. The molecule has 0 aliphatic carbocycles. The minimum absolute atomic E-state index is 0.225. The van der Waals surface area contributed by atoms with E-state index >= 15 is 0 Å². The van der Waals surface area contributed by atoms with Crippen LogP contribution >= 0.6 is 0 Å². The summed E-state index contributed by atoms with van der Waals surface area (Å²) in [6, 6.07) is -0.282. The number of urea groups is 1. The molecule has 17 heavy (non-hydrogen) atoms. The summed E-state index contributed by atoms with van der Waals surface area (Å²) in [6.07, 6.45) is 5.56. The third-order valence-corrected chi connectivity index (χ3v) is 1.86. The van der Waals surface area contributed by atoms with Crippen LogP contribution in [-0.4, -0.2) is 35.3 Å². The fourth-order valence-electron chi connectivity index (χ4n) is 1.12. The molecule has 6 heteroatoms. The van der Waals surface area contributed by atoms with E-state index in [1.165, 1.54) is 12.4 Å². The van der Waals surface area contributed by atoms with Crippen molar-refractivity contribution in [2.24, 2.45) is 0 Å². The van der Waals surface area contributed by atoms with Gasteiger partial charge in [0.1, 0.15) is 0 Å². The lowest BCUT2D eigenvalue weighted by molar-refractivity contribution is 0.0775. The van der Waals surface area contributed by atoms with E-state index in [2.05, 4.69) is 20.6 Å². The summed E-state index contributed by atoms with van der Waals surface area (Å²) in [7, 11) is 0. The molecule has 6 nitrogen and oxygen atoms in total. The van der Waals surface area contributed by atoms with Crippen LogP contribution in [0.15, 0.2) is 18.6 Å². The molecule has 0 aliphatic heterocycles. The molecule has 2 N–H and O–H groups in total. The number of aromatic nitrogens is 2. The molecule has 0 saturated carbocycles. The maximum atomic E-state index is 11.4. The summed E-state index contributed by atoms with van der Waals surface area (Å²) < 4.78 is 5.35. The number of ether oxygens (including phenoxy) is 1. The molecule has 1 aromatic heterocycles. The number of nitrogens with zero attached hydrogens (tertiary/aromatic N) is 2. The van der Waals surface area contributed by atoms with Crippen molar-refractivity contribution in [2.75, 3.05) is 18.5 Å². The van der Waals surface area contributed by atoms with Crippen LogP contribution in [0.5, 0.6) is 0 Å². The van der Waals surface area contributed by atoms with Crippen LogP contribution in [0.4, 0.5) is 10.6 Å². The van der Waals surface area contributed by atoms with Gasteiger partial charge in [0.25, 0.3) is 0 Å². The van der Waals surface area contributed by atoms with Crippen molar-refractivity contribution >= 4 is 11.8 Å². The minimum atomic E-state index is -0.282. The fourth-order valence-corrected chi connectivity index (χ4v) is 1.12. The molecule has 0 spiro atoms. The third kappa shape index (κ3) is 6.47. The van der Waals surface area contributed by atoms with Crippen molar-refractivity contribution in [3.05, 3.63) is 18.6 Å². The summed E-state index contributed by atoms with van der Waals surface area (Å²) in [6.45, 7) is 5.17. The van der Waals surface area contributed by atoms with Gasteiger partial charge in [-0.05, 0) is 20.3 Å². The second-order valence-corrected chi connectivity index (χ2v) is 3.74. The summed E-state index contributed by atoms with van der Waals surface area (Å²) in [4.78, 5) is 19.1. The molecule has 0 saturated heterocycles. The Labute approximate surface area is 101 Å². The molecule has 94 valence electrons. The SMILES string of the molecule is CC(C)OCCCNC(=O)Nc1cnccn1. The number of amides is 2. The van der Waals surface area contributed by atoms with Crippen LogP contribution in [0.1, 0.15) is 20.3 Å². The van der Waals surface area contributed by atoms with Crippen LogP contribution in [-0.2, 0) is 4.74 Å². The quantitative estimate of drug-likeness (QED) is 0.735. The van der Waals surface area contributed by atoms with Gasteiger partial charge in [0.05, 0.1) is 12.3 Å². The predicted molar refractivity (Wildman–Crippen MR) is 64.8 cm³/mol. The molecule has 1 rings (SSSR count). The minimum Gasteiger partial charge on any atom is -0.379 e. The van der Waals surface area contributed by atoms with Gasteiger partial charge in [-0.15, -0.1) is 0 Å². The van der Waals surface area contributed by atoms with Crippen LogP contribution < -0.4 is 10.6 Å². The lowest BCUT2D eigenvalue weighted by atomic mass is 10.4. The monoisotopic (exact) mass is 238 g/mol. The van der Waals surface area contributed by atoms with E-state index < -0.39 is 0 Å². The molecule has 0 aliphatic rings. The zero-order chi connectivity index (χ0) is 12.5. The van der Waals surface area contributed by atoms with Gasteiger partial charge in [0, 0.05) is 25.5 Å². The van der Waals surface area contributed by atoms with E-state index in [1.54, 1.807) is 6.20 Å². The van der Waals surface area contributed by atoms with Crippen molar-refractivity contribution < 1.29 is 9.53 Å². The highest BCUT2D eigenvalue weighted by molar-refractivity contribution is 5.87. The van der Waals surface area contributed by atoms with E-state index in [1.807, 2.05) is 13.8 Å². The Bertz CT molecular complexity index is 330. The Morgan fingerprint density at radius 2 is 2.29 bits per heavy atom. The molecule has 1 aromatic rings. The first-order valence-electron chi connectivity index (χ1n) is 5.61. The number of carbonyl (C=O) groups is 1. The Kier molecular flexibility index (Phi) is 5.95. The molecule has 0 atom stereocenters. The van der Waals surface area contributed by atoms with Crippen LogP contribution in [0, 0.1) is 0 Å². The third-order valence-electron chi connectivity index (χ3n) is 1.86. The maximum absolute atomic E-state index is 11.4. The predicted octanol–water partition coefficient (Wildman–Crippen LogP) is 1.41. The summed E-state index contributed by atoms with van der Waals surface area (Å²) >= 11 is 0. The highest BCUT2D eigenvalue weighted by Gasteiger charge is 2.01. The van der Waals surface area contributed by atoms with Gasteiger partial charge in [0.2, 0.25) is 0 Å². The lowest BCUT2D eigenvalue weighted by Gasteiger charge is -2.08. The van der Waals surface area contributed by atoms with Gasteiger partial charge < -0.3 is 10.1 Å². The topological polar surface area (TPSA) is 76.1 Å². The van der Waals surface area contributed by atoms with Crippen LogP contribution in [0.2, 0.25) is 0 Å². The fraction of sp³-hybridized carbons (Fsp3) is 0.545. The van der Waals surface area contributed by atoms with Crippen molar-refractivity contribution in [1.82, 2.24) is 15.3 Å². The first-order chi connectivity index (χ1) is 8.18. The summed E-state index contributed by atoms with van der Waals surface area (Å²) in [5.41, 5.74) is 0. The van der Waals surface area contributed by atoms with Crippen molar-refractivity contribution in [3.8, 4) is 0 Å². The van der Waals surface area contributed by atoms with Gasteiger partial charge in [0.15, 0.2) is 5.82 Å². The molecular formula is C11H18N4O2. The zero-order valence-corrected chi connectivity index (χ0v) is 10.1. The Balaban J connectivity index is 2.10. The molecule has 1 heterocycles. The zero-order valence-electron chi connectivity index (χ0n) is 10.1. The first-order valence-corrected chi connectivity index (χ1v) is 5.61. The Morgan fingerprint density at radius 3 is 2.94 bits per heavy atom. The average molecular weight is 238 g/mol. The molecule has 0 aromatic carbocycles. The van der Waals surface area contributed by atoms with Crippen LogP contribution in [0.25, 0.3) is 0 Å². The van der Waals surface area contributed by atoms with E-state index in [-0.39, 0.29) is 12.1 Å². The summed E-state index contributed by atoms with van der Waals surface area (Å²) in [5, 5.41) is 5.28. The molecule has 2 amide bonds. The largest absolute Gasteiger partial charge is 0.379 e. The van der Waals surface area contributed by atoms with Gasteiger partial charge in [-0.1, -0.05) is 0 Å². The number of carbonyl (C=O) groups excluding carboxylic acids is 1. The average Bonchev–Trinajstić information content (AvgIpc) is 2.29. The Hall–Kier alpha value is -1.69. The highest BCUT2D eigenvalue weighted by atomic mass is 16.5. The number of anilines is 1. The van der Waals surface area contributed by atoms with Crippen molar-refractivity contribution in [2.45, 2.75) is 26.4 Å². The standard InChI is InChI=1S/C11H18N4O2/c1-9(2)17-7-3-4-14-11(16)15-10-8-12-5-6-13-10/h5-6,8-9H,3-4,7H2,1-2H3,(H2,13,14,15,16). The molecule has 0 unspecified atom stereocenters. The molecular weight excluding hydrogens is 220 g/mol. The van der Waals surface area contributed by atoms with Crippen molar-refractivity contribution in [3.63, 3.8) is 0 Å². The van der Waals surface area contributed by atoms with E-state index in [9.17, 15) is 4.79 Å². The number of nitrogens with one attached hydrogen (secondary N) is 2. The highest BCUT2D eigenvalue weighted by Crippen LogP contribution is 1.96. The number of hydrogen-bond acceptors (Lipinski definition) is 4. The van der Waals surface area contributed by atoms with Gasteiger partial charge in [-0.25, -0.2) is 9.78 Å². The van der Waals surface area contributed by atoms with Gasteiger partial charge in [-0.2, -0.15) is 0 Å². The second-order valence-electron chi connectivity index (χ2n) is 3.74. The van der Waals surface area contributed by atoms with Crippen molar-refractivity contribution in [1.29, 1.82) is 0 Å². The van der Waals surface area contributed by atoms with E-state index in [0.29, 0.717) is 19.0 Å². The molecule has 0 bridgehead atoms. The molecule has 0 fully saturated rings. The Morgan fingerprint density at radius 1 is 1.47 bits per heavy atom. The summed E-state index contributed by atoms with van der Waals surface area (Å²) in [5.74, 6) is 0.434. The smallest absolute Gasteiger partial charge is 0.320 e. The van der Waals surface area contributed by atoms with E-state index in [4.69, 9.17) is 4.74 Å². The first kappa shape index (κ1) is 13.4. The maximum Gasteiger partial charge on any atom is 0.320 e.